The third kappa shape index (κ3) is 199. The van der Waals surface area contributed by atoms with Gasteiger partial charge in [-0.3, -0.25) is 33.6 Å². The van der Waals surface area contributed by atoms with Crippen molar-refractivity contribution in [2.75, 3.05) is 46.2 Å². The zero-order valence-electron chi connectivity index (χ0n) is 29.7. The Morgan fingerprint density at radius 2 is 0.333 bits per heavy atom. The number of ether oxygens (including phenoxy) is 7. The summed E-state index contributed by atoms with van der Waals surface area (Å²) in [4.78, 5) is 68.8. The normalized spacial score (nSPS) is 7.16. The highest BCUT2D eigenvalue weighted by Crippen LogP contribution is 1.72. The van der Waals surface area contributed by atoms with Crippen molar-refractivity contribution in [3.8, 4) is 0 Å². The molecule has 0 aliphatic heterocycles. The molecule has 0 rings (SSSR count). The minimum atomic E-state index is -0.211. The lowest BCUT2D eigenvalue weighted by atomic mass is 10.8. The van der Waals surface area contributed by atoms with Crippen molar-refractivity contribution in [1.29, 1.82) is 0 Å². The molecule has 0 aliphatic rings. The average Bonchev–Trinajstić information content (AvgIpc) is 2.81. The lowest BCUT2D eigenvalue weighted by Gasteiger charge is -1.89. The Morgan fingerprint density at radius 1 is 0.267 bits per heavy atom. The maximum Gasteiger partial charge on any atom is 0.302 e. The molecule has 17 nitrogen and oxygen atoms in total. The number of hydrogen-bond donors (Lipinski definition) is 0. The molecule has 0 aliphatic carbocycles. The zero-order chi connectivity index (χ0) is 34.9. The summed E-state index contributed by atoms with van der Waals surface area (Å²) in [5, 5.41) is 0. The minimum absolute atomic E-state index is 0. The van der Waals surface area contributed by atoms with Crippen LogP contribution in [0.25, 0.3) is 0 Å². The van der Waals surface area contributed by atoms with Crippen LogP contribution in [0.5, 0.6) is 0 Å². The summed E-state index contributed by atoms with van der Waals surface area (Å²) in [7, 11) is 0. The van der Waals surface area contributed by atoms with Crippen LogP contribution in [0, 0.1) is 0 Å². The second-order valence-corrected chi connectivity index (χ2v) is 6.47. The van der Waals surface area contributed by atoms with Gasteiger partial charge >= 0.3 is 41.8 Å². The van der Waals surface area contributed by atoms with E-state index in [4.69, 9.17) is 0 Å². The first kappa shape index (κ1) is 68.4. The van der Waals surface area contributed by atoms with Crippen molar-refractivity contribution in [3.63, 3.8) is 0 Å². The highest BCUT2D eigenvalue weighted by molar-refractivity contribution is 5.67. The SMILES string of the molecule is CCOC(C)=O.CCOC(C)=O.CCOC(C)=O.CCOC(C)=O.CCOC(C)=O.CCOC(C)=O.CCOC(C)=O.O.O.O. The Labute approximate surface area is 268 Å². The maximum absolute atomic E-state index is 9.82. The van der Waals surface area contributed by atoms with Crippen LogP contribution < -0.4 is 0 Å². The minimum Gasteiger partial charge on any atom is -0.466 e. The van der Waals surface area contributed by atoms with Crippen LogP contribution in [-0.2, 0) is 66.7 Å². The lowest BCUT2D eigenvalue weighted by Crippen LogP contribution is -1.95. The molecule has 0 aromatic carbocycles. The maximum atomic E-state index is 9.82. The molecule has 0 bridgehead atoms. The molecule has 0 aromatic heterocycles. The van der Waals surface area contributed by atoms with E-state index in [1.165, 1.54) is 48.5 Å². The molecule has 0 atom stereocenters. The first-order chi connectivity index (χ1) is 19.4. The van der Waals surface area contributed by atoms with Crippen molar-refractivity contribution in [2.45, 2.75) is 96.9 Å². The molecule has 0 heterocycles. The summed E-state index contributed by atoms with van der Waals surface area (Å²) in [5.74, 6) is -1.47. The van der Waals surface area contributed by atoms with Gasteiger partial charge < -0.3 is 49.6 Å². The number of esters is 7. The standard InChI is InChI=1S/7C4H8O2.3H2O/c7*1-3-6-4(2)5;;;/h7*3H2,1-2H3;3*1H2. The summed E-state index contributed by atoms with van der Waals surface area (Å²) in [6, 6.07) is 0. The Hall–Kier alpha value is -3.83. The molecule has 0 spiro atoms. The Balaban J connectivity index is -0.0000000393. The van der Waals surface area contributed by atoms with Crippen molar-refractivity contribution < 1.29 is 83.1 Å². The van der Waals surface area contributed by atoms with Gasteiger partial charge in [-0.2, -0.15) is 0 Å². The smallest absolute Gasteiger partial charge is 0.302 e. The van der Waals surface area contributed by atoms with Crippen LogP contribution in [0.1, 0.15) is 96.9 Å². The highest BCUT2D eigenvalue weighted by atomic mass is 16.6. The largest absolute Gasteiger partial charge is 0.466 e. The predicted octanol–water partition coefficient (Wildman–Crippen LogP) is 1.51. The van der Waals surface area contributed by atoms with Crippen LogP contribution in [-0.4, -0.2) is 104 Å². The molecule has 45 heavy (non-hydrogen) atoms. The molecular formula is C28H62O17. The molecule has 0 saturated carbocycles. The fourth-order valence-corrected chi connectivity index (χ4v) is 1.42. The van der Waals surface area contributed by atoms with E-state index in [-0.39, 0.29) is 58.2 Å². The van der Waals surface area contributed by atoms with E-state index in [0.29, 0.717) is 46.2 Å². The molecule has 0 saturated heterocycles. The summed E-state index contributed by atoms with van der Waals surface area (Å²) < 4.78 is 30.8. The summed E-state index contributed by atoms with van der Waals surface area (Å²) in [5.41, 5.74) is 0. The van der Waals surface area contributed by atoms with Crippen molar-refractivity contribution >= 4 is 41.8 Å². The van der Waals surface area contributed by atoms with Crippen molar-refractivity contribution in [3.05, 3.63) is 0 Å². The van der Waals surface area contributed by atoms with E-state index >= 15 is 0 Å². The number of carbonyl (C=O) groups excluding carboxylic acids is 7. The first-order valence-electron chi connectivity index (χ1n) is 13.3. The van der Waals surface area contributed by atoms with Gasteiger partial charge in [-0.05, 0) is 48.5 Å². The molecule has 0 fully saturated rings. The molecule has 6 N–H and O–H groups in total. The van der Waals surface area contributed by atoms with Crippen LogP contribution in [0.4, 0.5) is 0 Å². The molecule has 0 unspecified atom stereocenters. The monoisotopic (exact) mass is 670 g/mol. The van der Waals surface area contributed by atoms with Crippen molar-refractivity contribution in [2.24, 2.45) is 0 Å². The fraction of sp³-hybridized carbons (Fsp3) is 0.750. The van der Waals surface area contributed by atoms with Crippen LogP contribution in [0.2, 0.25) is 0 Å². The zero-order valence-corrected chi connectivity index (χ0v) is 29.7. The molecule has 0 amide bonds. The van der Waals surface area contributed by atoms with Gasteiger partial charge in [0.25, 0.3) is 0 Å². The Bertz CT molecular complexity index is 508. The fourth-order valence-electron chi connectivity index (χ4n) is 1.42. The van der Waals surface area contributed by atoms with Gasteiger partial charge in [0.2, 0.25) is 0 Å². The second-order valence-electron chi connectivity index (χ2n) is 6.47. The van der Waals surface area contributed by atoms with Crippen molar-refractivity contribution in [1.82, 2.24) is 0 Å². The van der Waals surface area contributed by atoms with Gasteiger partial charge in [0, 0.05) is 48.5 Å². The first-order valence-corrected chi connectivity index (χ1v) is 13.3. The van der Waals surface area contributed by atoms with Crippen LogP contribution >= 0.6 is 0 Å². The van der Waals surface area contributed by atoms with E-state index in [1.54, 1.807) is 48.5 Å². The number of carbonyl (C=O) groups is 7. The van der Waals surface area contributed by atoms with E-state index in [9.17, 15) is 33.6 Å². The molecule has 17 heteroatoms. The van der Waals surface area contributed by atoms with Gasteiger partial charge in [-0.25, -0.2) is 0 Å². The van der Waals surface area contributed by atoms with Gasteiger partial charge in [-0.1, -0.05) is 0 Å². The third-order valence-corrected chi connectivity index (χ3v) is 2.43. The van der Waals surface area contributed by atoms with E-state index < -0.39 is 0 Å². The Morgan fingerprint density at radius 3 is 0.333 bits per heavy atom. The van der Waals surface area contributed by atoms with E-state index in [2.05, 4.69) is 33.2 Å². The predicted molar refractivity (Wildman–Crippen MR) is 167 cm³/mol. The molecule has 0 radical (unpaired) electrons. The molecule has 0 aromatic rings. The van der Waals surface area contributed by atoms with E-state index in [1.807, 2.05) is 0 Å². The van der Waals surface area contributed by atoms with Gasteiger partial charge in [0.05, 0.1) is 46.2 Å². The van der Waals surface area contributed by atoms with Crippen LogP contribution in [0.15, 0.2) is 0 Å². The highest BCUT2D eigenvalue weighted by Gasteiger charge is 1.84. The summed E-state index contributed by atoms with van der Waals surface area (Å²) in [6.07, 6.45) is 0. The van der Waals surface area contributed by atoms with Gasteiger partial charge in [0.15, 0.2) is 0 Å². The van der Waals surface area contributed by atoms with Gasteiger partial charge in [0.1, 0.15) is 0 Å². The van der Waals surface area contributed by atoms with Crippen LogP contribution in [0.3, 0.4) is 0 Å². The van der Waals surface area contributed by atoms with E-state index in [0.717, 1.165) is 0 Å². The molecule has 276 valence electrons. The quantitative estimate of drug-likeness (QED) is 0.274. The topological polar surface area (TPSA) is 279 Å². The average molecular weight is 671 g/mol. The Kier molecular flexibility index (Phi) is 96.4. The summed E-state index contributed by atoms with van der Waals surface area (Å²) in [6.45, 7) is 25.6. The number of hydrogen-bond acceptors (Lipinski definition) is 14. The third-order valence-electron chi connectivity index (χ3n) is 2.43. The molecular weight excluding hydrogens is 608 g/mol. The van der Waals surface area contributed by atoms with Gasteiger partial charge in [-0.15, -0.1) is 0 Å². The number of rotatable bonds is 7. The summed E-state index contributed by atoms with van der Waals surface area (Å²) >= 11 is 0. The second kappa shape index (κ2) is 63.4. The lowest BCUT2D eigenvalue weighted by molar-refractivity contribution is -0.141.